The first kappa shape index (κ1) is 35.2. The van der Waals surface area contributed by atoms with Crippen LogP contribution < -0.4 is 11.2 Å². The van der Waals surface area contributed by atoms with Crippen LogP contribution in [-0.4, -0.2) is 57.5 Å². The lowest BCUT2D eigenvalue weighted by atomic mass is 9.90. The van der Waals surface area contributed by atoms with Gasteiger partial charge in [-0.1, -0.05) is 12.1 Å². The van der Waals surface area contributed by atoms with E-state index in [9.17, 15) is 33.1 Å². The van der Waals surface area contributed by atoms with Crippen LogP contribution in [0.4, 0.5) is 13.6 Å². The largest absolute Gasteiger partial charge is 0.508 e. The number of amides is 1. The number of fused-ring (bicyclic) bond motifs is 2. The Bertz CT molecular complexity index is 2510. The number of hydrogen-bond acceptors (Lipinski definition) is 8. The number of phenolic OH excluding ortho intramolecular Hbond substituents is 1. The van der Waals surface area contributed by atoms with Crippen LogP contribution >= 0.6 is 0 Å². The number of ether oxygens (including phenoxy) is 1. The average Bonchev–Trinajstić information content (AvgIpc) is 3.52. The second kappa shape index (κ2) is 13.7. The van der Waals surface area contributed by atoms with Gasteiger partial charge in [-0.05, 0) is 106 Å². The third-order valence-electron chi connectivity index (χ3n) is 9.37. The first-order valence-electron chi connectivity index (χ1n) is 17.1. The topological polar surface area (TPSA) is 141 Å². The molecule has 0 radical (unpaired) electrons. The maximum absolute atomic E-state index is 14.6. The molecule has 14 heteroatoms. The lowest BCUT2D eigenvalue weighted by Gasteiger charge is -2.37. The number of aromatic nitrogens is 5. The zero-order valence-electron chi connectivity index (χ0n) is 29.2. The summed E-state index contributed by atoms with van der Waals surface area (Å²) in [5.41, 5.74) is 0.496. The lowest BCUT2D eigenvalue weighted by molar-refractivity contribution is 0.00780. The molecular formula is C39H36F2N6O6. The van der Waals surface area contributed by atoms with Crippen molar-refractivity contribution < 1.29 is 28.2 Å². The fourth-order valence-corrected chi connectivity index (χ4v) is 7.02. The van der Waals surface area contributed by atoms with Gasteiger partial charge < -0.3 is 14.2 Å². The number of benzene rings is 2. The summed E-state index contributed by atoms with van der Waals surface area (Å²) in [7, 11) is 0. The predicted molar refractivity (Wildman–Crippen MR) is 192 cm³/mol. The van der Waals surface area contributed by atoms with Crippen LogP contribution in [0.1, 0.15) is 68.5 Å². The number of nitrogens with zero attached hydrogens (tertiary/aromatic N) is 6. The van der Waals surface area contributed by atoms with Crippen molar-refractivity contribution in [3.05, 3.63) is 123 Å². The summed E-state index contributed by atoms with van der Waals surface area (Å²) in [5, 5.41) is 9.82. The molecule has 1 N–H and O–H groups in total. The van der Waals surface area contributed by atoms with Crippen molar-refractivity contribution in [1.82, 2.24) is 28.4 Å². The molecular weight excluding hydrogens is 686 g/mol. The van der Waals surface area contributed by atoms with E-state index in [4.69, 9.17) is 4.74 Å². The highest BCUT2D eigenvalue weighted by atomic mass is 19.1. The van der Waals surface area contributed by atoms with Crippen molar-refractivity contribution in [2.75, 3.05) is 0 Å². The Morgan fingerprint density at radius 3 is 2.51 bits per heavy atom. The highest BCUT2D eigenvalue weighted by molar-refractivity contribution is 5.88. The van der Waals surface area contributed by atoms with Crippen molar-refractivity contribution >= 4 is 29.1 Å². The Morgan fingerprint density at radius 1 is 1.00 bits per heavy atom. The Kier molecular flexibility index (Phi) is 9.14. The van der Waals surface area contributed by atoms with Gasteiger partial charge in [0.2, 0.25) is 0 Å². The minimum atomic E-state index is -0.782. The standard InChI is InChI=1S/C39H36F2N6O6/c1-39(2,3)53-38(52)45(21-27-20-44-19-25(40)7-14-34(44)43-27)28-8-10-29(11-9-28)47-36(50)33-17-26(41)18-42-35(33)46(37(47)51)30-6-4-5-23(15-30)32-13-12-31(49)16-24(32)22-48/h4-7,12-20,22,28-29,49H,8-11,21H2,1-3H3. The molecule has 272 valence electrons. The molecule has 6 aromatic rings. The maximum Gasteiger partial charge on any atom is 0.410 e. The van der Waals surface area contributed by atoms with E-state index in [0.29, 0.717) is 60.1 Å². The highest BCUT2D eigenvalue weighted by Crippen LogP contribution is 2.33. The van der Waals surface area contributed by atoms with Gasteiger partial charge in [0.05, 0.1) is 29.5 Å². The summed E-state index contributed by atoms with van der Waals surface area (Å²) in [6.07, 6.45) is 5.43. The summed E-state index contributed by atoms with van der Waals surface area (Å²) in [6, 6.07) is 14.1. The van der Waals surface area contributed by atoms with Crippen LogP contribution in [-0.2, 0) is 11.3 Å². The molecule has 0 bridgehead atoms. The molecule has 1 saturated carbocycles. The fraction of sp³-hybridized carbons (Fsp3) is 0.282. The molecule has 12 nitrogen and oxygen atoms in total. The van der Waals surface area contributed by atoms with Crippen LogP contribution in [0, 0.1) is 11.6 Å². The van der Waals surface area contributed by atoms with E-state index in [2.05, 4.69) is 9.97 Å². The summed E-state index contributed by atoms with van der Waals surface area (Å²) >= 11 is 0. The third-order valence-corrected chi connectivity index (χ3v) is 9.37. The molecule has 0 unspecified atom stereocenters. The Labute approximate surface area is 301 Å². The van der Waals surface area contributed by atoms with Crippen molar-refractivity contribution in [2.24, 2.45) is 0 Å². The van der Waals surface area contributed by atoms with E-state index < -0.39 is 40.6 Å². The normalized spacial score (nSPS) is 16.2. The maximum atomic E-state index is 14.6. The number of hydrogen-bond donors (Lipinski definition) is 1. The van der Waals surface area contributed by atoms with Crippen molar-refractivity contribution in [3.8, 4) is 22.6 Å². The van der Waals surface area contributed by atoms with E-state index >= 15 is 0 Å². The van der Waals surface area contributed by atoms with Gasteiger partial charge >= 0.3 is 11.8 Å². The summed E-state index contributed by atoms with van der Waals surface area (Å²) in [6.45, 7) is 5.39. The minimum Gasteiger partial charge on any atom is -0.508 e. The number of halogens is 2. The molecule has 7 rings (SSSR count). The molecule has 1 amide bonds. The van der Waals surface area contributed by atoms with Crippen LogP contribution in [0.15, 0.2) is 88.8 Å². The number of aldehydes is 1. The molecule has 0 saturated heterocycles. The highest BCUT2D eigenvalue weighted by Gasteiger charge is 2.34. The summed E-state index contributed by atoms with van der Waals surface area (Å²) in [5.74, 6) is -1.25. The molecule has 4 aromatic heterocycles. The van der Waals surface area contributed by atoms with Crippen LogP contribution in [0.2, 0.25) is 0 Å². The zero-order valence-corrected chi connectivity index (χ0v) is 29.2. The first-order valence-corrected chi connectivity index (χ1v) is 17.1. The monoisotopic (exact) mass is 722 g/mol. The van der Waals surface area contributed by atoms with E-state index in [-0.39, 0.29) is 34.9 Å². The fourth-order valence-electron chi connectivity index (χ4n) is 7.02. The van der Waals surface area contributed by atoms with E-state index in [1.807, 2.05) is 0 Å². The number of phenols is 1. The molecule has 1 fully saturated rings. The van der Waals surface area contributed by atoms with Gasteiger partial charge in [-0.25, -0.2) is 32.9 Å². The molecule has 53 heavy (non-hydrogen) atoms. The van der Waals surface area contributed by atoms with Gasteiger partial charge in [0.15, 0.2) is 11.9 Å². The second-order valence-electron chi connectivity index (χ2n) is 14.2. The number of carbonyl (C=O) groups is 2. The Hall–Kier alpha value is -6.18. The number of carbonyl (C=O) groups excluding carboxylic acids is 2. The van der Waals surface area contributed by atoms with E-state index in [1.54, 1.807) is 72.7 Å². The molecule has 0 aliphatic heterocycles. The van der Waals surface area contributed by atoms with Gasteiger partial charge in [0.25, 0.3) is 5.56 Å². The van der Waals surface area contributed by atoms with Gasteiger partial charge in [0.1, 0.15) is 28.6 Å². The predicted octanol–water partition coefficient (Wildman–Crippen LogP) is 6.58. The van der Waals surface area contributed by atoms with Crippen molar-refractivity contribution in [2.45, 2.75) is 70.7 Å². The average molecular weight is 723 g/mol. The summed E-state index contributed by atoms with van der Waals surface area (Å²) < 4.78 is 38.2. The number of imidazole rings is 1. The van der Waals surface area contributed by atoms with Crippen LogP contribution in [0.3, 0.4) is 0 Å². The number of aromatic hydroxyl groups is 1. The van der Waals surface area contributed by atoms with Crippen molar-refractivity contribution in [3.63, 3.8) is 0 Å². The molecule has 0 spiro atoms. The van der Waals surface area contributed by atoms with Gasteiger partial charge in [-0.15, -0.1) is 0 Å². The Morgan fingerprint density at radius 2 is 1.77 bits per heavy atom. The quantitative estimate of drug-likeness (QED) is 0.182. The Balaban J connectivity index is 1.24. The first-order chi connectivity index (χ1) is 25.3. The SMILES string of the molecule is CC(C)(C)OC(=O)N(Cc1cn2cc(F)ccc2n1)C1CCC(n2c(=O)c3cc(F)cnc3n(-c3cccc(-c4ccc(O)cc4C=O)c3)c2=O)CC1. The van der Waals surface area contributed by atoms with Crippen molar-refractivity contribution in [1.29, 1.82) is 0 Å². The second-order valence-corrected chi connectivity index (χ2v) is 14.2. The van der Waals surface area contributed by atoms with Gasteiger partial charge in [0, 0.05) is 30.0 Å². The van der Waals surface area contributed by atoms with Crippen LogP contribution in [0.25, 0.3) is 33.5 Å². The smallest absolute Gasteiger partial charge is 0.410 e. The molecule has 4 heterocycles. The summed E-state index contributed by atoms with van der Waals surface area (Å²) in [4.78, 5) is 64.1. The number of rotatable bonds is 7. The molecule has 1 aliphatic carbocycles. The van der Waals surface area contributed by atoms with Crippen LogP contribution in [0.5, 0.6) is 5.75 Å². The van der Waals surface area contributed by atoms with Gasteiger partial charge in [-0.2, -0.15) is 0 Å². The third kappa shape index (κ3) is 7.04. The molecule has 1 aliphatic rings. The minimum absolute atomic E-state index is 0.0340. The van der Waals surface area contributed by atoms with E-state index in [0.717, 1.165) is 16.8 Å². The molecule has 2 aromatic carbocycles. The van der Waals surface area contributed by atoms with E-state index in [1.165, 1.54) is 29.0 Å². The zero-order chi connectivity index (χ0) is 37.6. The van der Waals surface area contributed by atoms with Gasteiger partial charge in [-0.3, -0.25) is 19.1 Å². The molecule has 0 atom stereocenters. The lowest BCUT2D eigenvalue weighted by Crippen LogP contribution is -2.47. The number of pyridine rings is 2.